The Hall–Kier alpha value is 0.450. The molecule has 0 aliphatic carbocycles. The first-order valence-electron chi connectivity index (χ1n) is 1.48. The Labute approximate surface area is 66.7 Å². The monoisotopic (exact) mass is 198 g/mol. The molecule has 0 aromatic heterocycles. The summed E-state index contributed by atoms with van der Waals surface area (Å²) >= 11 is 0. The fraction of sp³-hybridized carbons (Fsp3) is 1.00. The Morgan fingerprint density at radius 1 is 1.00 bits per heavy atom. The van der Waals surface area contributed by atoms with E-state index in [9.17, 15) is 8.42 Å². The minimum Gasteiger partial charge on any atom is -0.252 e. The summed E-state index contributed by atoms with van der Waals surface area (Å²) in [5.74, 6) is 0. The quantitative estimate of drug-likeness (QED) is 0.644. The molecule has 0 heterocycles. The summed E-state index contributed by atoms with van der Waals surface area (Å²) in [7, 11) is -1.60. The maximum Gasteiger partial charge on any atom is 0.399 e. The molecule has 7 heteroatoms. The van der Waals surface area contributed by atoms with Gasteiger partial charge in [-0.25, -0.2) is 0 Å². The van der Waals surface area contributed by atoms with Gasteiger partial charge in [0.25, 0.3) is 0 Å². The summed E-state index contributed by atoms with van der Waals surface area (Å²) in [5.41, 5.74) is 0. The van der Waals surface area contributed by atoms with Crippen molar-refractivity contribution in [3.8, 4) is 0 Å². The van der Waals surface area contributed by atoms with Crippen LogP contribution in [-0.4, -0.2) is 22.6 Å². The molecule has 0 aromatic carbocycles. The van der Waals surface area contributed by atoms with Crippen molar-refractivity contribution in [1.29, 1.82) is 0 Å². The zero-order valence-electron chi connectivity index (χ0n) is 4.86. The van der Waals surface area contributed by atoms with Crippen LogP contribution in [0.5, 0.6) is 0 Å². The van der Waals surface area contributed by atoms with Crippen LogP contribution < -0.4 is 0 Å². The van der Waals surface area contributed by atoms with Crippen LogP contribution in [0.2, 0.25) is 0 Å². The van der Waals surface area contributed by atoms with Crippen molar-refractivity contribution in [3.63, 3.8) is 0 Å². The van der Waals surface area contributed by atoms with Gasteiger partial charge in [0, 0.05) is 0 Å². The lowest BCUT2D eigenvalue weighted by atomic mass is 11.8. The van der Waals surface area contributed by atoms with E-state index in [1.807, 2.05) is 0 Å². The molecule has 0 radical (unpaired) electrons. The molecule has 0 aliphatic rings. The summed E-state index contributed by atoms with van der Waals surface area (Å²) < 4.78 is 27.5. The predicted octanol–water partition coefficient (Wildman–Crippen LogP) is 0.368. The standard InChI is InChI=1S/C2H6O4S.2ClH/c1-5-7(3,4)6-2;;/h1-2H3;2*1H. The van der Waals surface area contributed by atoms with Gasteiger partial charge in [-0.3, -0.25) is 8.37 Å². The highest BCUT2D eigenvalue weighted by Crippen LogP contribution is 1.85. The number of hydrogen-bond donors (Lipinski definition) is 0. The largest absolute Gasteiger partial charge is 0.399 e. The Kier molecular flexibility index (Phi) is 11.8. The number of rotatable bonds is 2. The van der Waals surface area contributed by atoms with Gasteiger partial charge in [0.15, 0.2) is 0 Å². The Morgan fingerprint density at radius 3 is 1.22 bits per heavy atom. The molecule has 0 aliphatic heterocycles. The molecule has 0 amide bonds. The van der Waals surface area contributed by atoms with Crippen molar-refractivity contribution in [2.24, 2.45) is 0 Å². The molecule has 0 spiro atoms. The van der Waals surface area contributed by atoms with E-state index in [2.05, 4.69) is 8.37 Å². The van der Waals surface area contributed by atoms with E-state index in [0.29, 0.717) is 0 Å². The highest BCUT2D eigenvalue weighted by Gasteiger charge is 2.01. The van der Waals surface area contributed by atoms with E-state index >= 15 is 0 Å². The van der Waals surface area contributed by atoms with Crippen molar-refractivity contribution >= 4 is 35.2 Å². The Balaban J connectivity index is -0.000000180. The molecule has 0 rings (SSSR count). The molecular weight excluding hydrogens is 191 g/mol. The average Bonchev–Trinajstić information content (AvgIpc) is 1.68. The normalized spacial score (nSPS) is 9.11. The van der Waals surface area contributed by atoms with Crippen molar-refractivity contribution in [3.05, 3.63) is 0 Å². The van der Waals surface area contributed by atoms with Crippen molar-refractivity contribution in [2.45, 2.75) is 0 Å². The molecule has 0 saturated heterocycles. The van der Waals surface area contributed by atoms with Gasteiger partial charge in [0.1, 0.15) is 0 Å². The van der Waals surface area contributed by atoms with Gasteiger partial charge in [-0.2, -0.15) is 8.42 Å². The lowest BCUT2D eigenvalue weighted by Gasteiger charge is -1.91. The van der Waals surface area contributed by atoms with Crippen molar-refractivity contribution < 1.29 is 16.8 Å². The van der Waals surface area contributed by atoms with Crippen molar-refractivity contribution in [2.75, 3.05) is 14.2 Å². The summed E-state index contributed by atoms with van der Waals surface area (Å²) in [4.78, 5) is 0. The number of hydrogen-bond acceptors (Lipinski definition) is 4. The molecule has 0 fully saturated rings. The molecule has 0 saturated carbocycles. The minimum absolute atomic E-state index is 0. The summed E-state index contributed by atoms with van der Waals surface area (Å²) in [6.45, 7) is 0. The Bertz CT molecular complexity index is 120. The van der Waals surface area contributed by atoms with Crippen LogP contribution >= 0.6 is 24.8 Å². The Morgan fingerprint density at radius 2 is 1.22 bits per heavy atom. The SMILES string of the molecule is COS(=O)(=O)OC.Cl.Cl. The van der Waals surface area contributed by atoms with Gasteiger partial charge in [0.05, 0.1) is 14.2 Å². The van der Waals surface area contributed by atoms with E-state index in [1.165, 1.54) is 0 Å². The lowest BCUT2D eigenvalue weighted by Crippen LogP contribution is -2.02. The van der Waals surface area contributed by atoms with Crippen LogP contribution in [0.4, 0.5) is 0 Å². The van der Waals surface area contributed by atoms with E-state index in [4.69, 9.17) is 0 Å². The van der Waals surface area contributed by atoms with Gasteiger partial charge in [-0.1, -0.05) is 0 Å². The first kappa shape index (κ1) is 16.2. The smallest absolute Gasteiger partial charge is 0.252 e. The molecule has 0 aromatic rings. The molecule has 0 unspecified atom stereocenters. The third-order valence-corrected chi connectivity index (χ3v) is 1.22. The fourth-order valence-corrected chi connectivity index (χ4v) is 0.204. The third-order valence-electron chi connectivity index (χ3n) is 0.408. The molecule has 0 atom stereocenters. The topological polar surface area (TPSA) is 52.6 Å². The zero-order valence-corrected chi connectivity index (χ0v) is 7.31. The lowest BCUT2D eigenvalue weighted by molar-refractivity contribution is 0.286. The minimum atomic E-state index is -3.66. The highest BCUT2D eigenvalue weighted by atomic mass is 35.5. The first-order chi connectivity index (χ1) is 3.12. The van der Waals surface area contributed by atoms with Crippen LogP contribution in [0.25, 0.3) is 0 Å². The molecule has 60 valence electrons. The fourth-order valence-electron chi connectivity index (χ4n) is 0.0680. The summed E-state index contributed by atoms with van der Waals surface area (Å²) in [6, 6.07) is 0. The van der Waals surface area contributed by atoms with E-state index < -0.39 is 10.4 Å². The van der Waals surface area contributed by atoms with Gasteiger partial charge in [0.2, 0.25) is 0 Å². The van der Waals surface area contributed by atoms with E-state index in [0.717, 1.165) is 14.2 Å². The second-order valence-corrected chi connectivity index (χ2v) is 2.22. The van der Waals surface area contributed by atoms with E-state index in [1.54, 1.807) is 0 Å². The molecule has 9 heavy (non-hydrogen) atoms. The van der Waals surface area contributed by atoms with E-state index in [-0.39, 0.29) is 24.8 Å². The van der Waals surface area contributed by atoms with Gasteiger partial charge < -0.3 is 0 Å². The van der Waals surface area contributed by atoms with Gasteiger partial charge >= 0.3 is 10.4 Å². The summed E-state index contributed by atoms with van der Waals surface area (Å²) in [5, 5.41) is 0. The van der Waals surface area contributed by atoms with Crippen LogP contribution in [0, 0.1) is 0 Å². The molecule has 4 nitrogen and oxygen atoms in total. The highest BCUT2D eigenvalue weighted by molar-refractivity contribution is 7.81. The van der Waals surface area contributed by atoms with Crippen LogP contribution in [0.1, 0.15) is 0 Å². The zero-order chi connectivity index (χ0) is 5.91. The second-order valence-electron chi connectivity index (χ2n) is 0.742. The van der Waals surface area contributed by atoms with Crippen LogP contribution in [0.3, 0.4) is 0 Å². The number of halogens is 2. The molecular formula is C2H8Cl2O4S. The van der Waals surface area contributed by atoms with Gasteiger partial charge in [-0.15, -0.1) is 24.8 Å². The van der Waals surface area contributed by atoms with Crippen LogP contribution in [-0.2, 0) is 18.8 Å². The molecule has 0 N–H and O–H groups in total. The average molecular weight is 199 g/mol. The maximum absolute atomic E-state index is 9.92. The van der Waals surface area contributed by atoms with Gasteiger partial charge in [-0.05, 0) is 0 Å². The molecule has 0 bridgehead atoms. The second kappa shape index (κ2) is 6.57. The first-order valence-corrected chi connectivity index (χ1v) is 2.82. The van der Waals surface area contributed by atoms with Crippen LogP contribution in [0.15, 0.2) is 0 Å². The van der Waals surface area contributed by atoms with Crippen molar-refractivity contribution in [1.82, 2.24) is 0 Å². The third kappa shape index (κ3) is 8.45. The summed E-state index contributed by atoms with van der Waals surface area (Å²) in [6.07, 6.45) is 0. The maximum atomic E-state index is 9.92. The predicted molar refractivity (Wildman–Crippen MR) is 37.4 cm³/mol.